The zero-order valence-corrected chi connectivity index (χ0v) is 14.7. The van der Waals surface area contributed by atoms with Crippen molar-refractivity contribution in [2.45, 2.75) is 26.4 Å². The van der Waals surface area contributed by atoms with E-state index in [9.17, 15) is 9.59 Å². The van der Waals surface area contributed by atoms with Crippen molar-refractivity contribution in [3.63, 3.8) is 0 Å². The molecule has 3 rings (SSSR count). The van der Waals surface area contributed by atoms with Crippen LogP contribution in [0.3, 0.4) is 0 Å². The number of unbranched alkanes of at least 4 members (excludes halogenated alkanes) is 1. The molecule has 2 aromatic heterocycles. The van der Waals surface area contributed by atoms with Crippen LogP contribution < -0.4 is 10.9 Å². The topological polar surface area (TPSA) is 72.7 Å². The molecule has 0 spiro atoms. The highest BCUT2D eigenvalue weighted by Gasteiger charge is 2.13. The molecule has 6 nitrogen and oxygen atoms in total. The minimum atomic E-state index is -0.437. The molecule has 0 bridgehead atoms. The third kappa shape index (κ3) is 4.06. The zero-order chi connectivity index (χ0) is 17.6. The number of carbonyl (C=O) groups excluding carboxylic acids is 1. The number of hydrogen-bond donors (Lipinski definition) is 1. The minimum Gasteiger partial charge on any atom is -0.456 e. The van der Waals surface area contributed by atoms with Crippen LogP contribution in [0.4, 0.5) is 5.69 Å². The maximum atomic E-state index is 12.4. The molecule has 0 unspecified atom stereocenters. The number of esters is 1. The monoisotopic (exact) mass is 357 g/mol. The molecule has 2 heterocycles. The molecule has 1 aromatic carbocycles. The first-order valence-corrected chi connectivity index (χ1v) is 9.03. The molecular weight excluding hydrogens is 338 g/mol. The van der Waals surface area contributed by atoms with Gasteiger partial charge in [-0.3, -0.25) is 9.20 Å². The fourth-order valence-electron chi connectivity index (χ4n) is 2.39. The van der Waals surface area contributed by atoms with E-state index in [1.807, 2.05) is 12.1 Å². The van der Waals surface area contributed by atoms with E-state index < -0.39 is 5.97 Å². The number of anilines is 1. The molecule has 1 N–H and O–H groups in total. The minimum absolute atomic E-state index is 0.0359. The standard InChI is InChI=1S/C18H19N3O3S/c1-2-3-8-19-15-7-5-4-6-14(15)17(23)24-12-13-11-16(22)21-9-10-25-18(21)20-13/h4-7,9-11,19H,2-3,8,12H2,1H3. The molecule has 0 atom stereocenters. The van der Waals surface area contributed by atoms with E-state index in [0.29, 0.717) is 16.2 Å². The lowest BCUT2D eigenvalue weighted by Gasteiger charge is -2.11. The molecular formula is C18H19N3O3S. The summed E-state index contributed by atoms with van der Waals surface area (Å²) in [6, 6.07) is 8.64. The van der Waals surface area contributed by atoms with E-state index in [1.54, 1.807) is 23.7 Å². The Bertz CT molecular complexity index is 932. The molecule has 0 saturated heterocycles. The lowest BCUT2D eigenvalue weighted by atomic mass is 10.1. The average molecular weight is 357 g/mol. The second-order valence-corrected chi connectivity index (χ2v) is 6.42. The van der Waals surface area contributed by atoms with Crippen LogP contribution in [0, 0.1) is 0 Å². The first-order valence-electron chi connectivity index (χ1n) is 8.15. The molecule has 7 heteroatoms. The summed E-state index contributed by atoms with van der Waals surface area (Å²) < 4.78 is 6.82. The van der Waals surface area contributed by atoms with Gasteiger partial charge in [-0.1, -0.05) is 25.5 Å². The molecule has 0 radical (unpaired) electrons. The van der Waals surface area contributed by atoms with Crippen molar-refractivity contribution in [2.75, 3.05) is 11.9 Å². The Morgan fingerprint density at radius 2 is 2.20 bits per heavy atom. The quantitative estimate of drug-likeness (QED) is 0.519. The molecule has 0 aliphatic heterocycles. The van der Waals surface area contributed by atoms with E-state index in [2.05, 4.69) is 17.2 Å². The predicted molar refractivity (Wildman–Crippen MR) is 98.3 cm³/mol. The summed E-state index contributed by atoms with van der Waals surface area (Å²) in [5.74, 6) is -0.437. The van der Waals surface area contributed by atoms with E-state index >= 15 is 0 Å². The summed E-state index contributed by atoms with van der Waals surface area (Å²) in [5.41, 5.74) is 1.49. The van der Waals surface area contributed by atoms with Crippen LogP contribution in [0.1, 0.15) is 35.8 Å². The van der Waals surface area contributed by atoms with Crippen LogP contribution in [0.25, 0.3) is 4.96 Å². The Morgan fingerprint density at radius 3 is 3.04 bits per heavy atom. The van der Waals surface area contributed by atoms with Crippen molar-refractivity contribution in [3.05, 3.63) is 63.5 Å². The van der Waals surface area contributed by atoms with Gasteiger partial charge in [0.15, 0.2) is 4.96 Å². The first kappa shape index (κ1) is 17.2. The van der Waals surface area contributed by atoms with E-state index in [4.69, 9.17) is 4.74 Å². The van der Waals surface area contributed by atoms with Gasteiger partial charge in [0.1, 0.15) is 6.61 Å². The fraction of sp³-hybridized carbons (Fsp3) is 0.278. The van der Waals surface area contributed by atoms with Crippen LogP contribution in [-0.2, 0) is 11.3 Å². The maximum absolute atomic E-state index is 12.4. The van der Waals surface area contributed by atoms with Gasteiger partial charge in [0.05, 0.1) is 11.3 Å². The van der Waals surface area contributed by atoms with Crippen molar-refractivity contribution in [3.8, 4) is 0 Å². The molecule has 0 aliphatic rings. The van der Waals surface area contributed by atoms with E-state index in [1.165, 1.54) is 21.8 Å². The van der Waals surface area contributed by atoms with Gasteiger partial charge in [-0.15, -0.1) is 11.3 Å². The number of carbonyl (C=O) groups is 1. The summed E-state index contributed by atoms with van der Waals surface area (Å²) in [6.45, 7) is 2.88. The second-order valence-electron chi connectivity index (χ2n) is 5.54. The van der Waals surface area contributed by atoms with Gasteiger partial charge in [0.2, 0.25) is 0 Å². The second kappa shape index (κ2) is 7.94. The third-order valence-electron chi connectivity index (χ3n) is 3.70. The van der Waals surface area contributed by atoms with Crippen LogP contribution in [0.2, 0.25) is 0 Å². The van der Waals surface area contributed by atoms with E-state index in [-0.39, 0.29) is 12.2 Å². The van der Waals surface area contributed by atoms with E-state index in [0.717, 1.165) is 25.1 Å². The molecule has 25 heavy (non-hydrogen) atoms. The van der Waals surface area contributed by atoms with Crippen molar-refractivity contribution < 1.29 is 9.53 Å². The summed E-state index contributed by atoms with van der Waals surface area (Å²) in [7, 11) is 0. The number of nitrogens with one attached hydrogen (secondary N) is 1. The molecule has 0 saturated carbocycles. The summed E-state index contributed by atoms with van der Waals surface area (Å²) in [6.07, 6.45) is 3.77. The van der Waals surface area contributed by atoms with Crippen molar-refractivity contribution >= 4 is 28.0 Å². The lowest BCUT2D eigenvalue weighted by molar-refractivity contribution is 0.0469. The van der Waals surface area contributed by atoms with Gasteiger partial charge < -0.3 is 10.1 Å². The Morgan fingerprint density at radius 1 is 1.36 bits per heavy atom. The summed E-state index contributed by atoms with van der Waals surface area (Å²) in [4.78, 5) is 29.3. The SMILES string of the molecule is CCCCNc1ccccc1C(=O)OCc1cc(=O)n2ccsc2n1. The number of nitrogens with zero attached hydrogens (tertiary/aromatic N) is 2. The van der Waals surface area contributed by atoms with Crippen molar-refractivity contribution in [1.29, 1.82) is 0 Å². The molecule has 130 valence electrons. The Balaban J connectivity index is 1.70. The normalized spacial score (nSPS) is 10.8. The molecule has 0 amide bonds. The molecule has 0 aliphatic carbocycles. The first-order chi connectivity index (χ1) is 12.2. The Labute approximate surface area is 149 Å². The van der Waals surface area contributed by atoms with Crippen molar-refractivity contribution in [2.24, 2.45) is 0 Å². The average Bonchev–Trinajstić information content (AvgIpc) is 3.09. The smallest absolute Gasteiger partial charge is 0.340 e. The highest BCUT2D eigenvalue weighted by molar-refractivity contribution is 7.15. The van der Waals surface area contributed by atoms with Gasteiger partial charge >= 0.3 is 5.97 Å². The van der Waals surface area contributed by atoms with Gasteiger partial charge in [-0.2, -0.15) is 0 Å². The fourth-order valence-corrected chi connectivity index (χ4v) is 3.13. The largest absolute Gasteiger partial charge is 0.456 e. The number of aromatic nitrogens is 2. The van der Waals surface area contributed by atoms with Crippen LogP contribution in [-0.4, -0.2) is 21.9 Å². The lowest BCUT2D eigenvalue weighted by Crippen LogP contribution is -2.15. The van der Waals surface area contributed by atoms with Crippen LogP contribution >= 0.6 is 11.3 Å². The number of hydrogen-bond acceptors (Lipinski definition) is 6. The number of rotatable bonds is 7. The number of fused-ring (bicyclic) bond motifs is 1. The molecule has 3 aromatic rings. The zero-order valence-electron chi connectivity index (χ0n) is 13.9. The number of ether oxygens (including phenoxy) is 1. The maximum Gasteiger partial charge on any atom is 0.340 e. The van der Waals surface area contributed by atoms with Crippen LogP contribution in [0.15, 0.2) is 46.7 Å². The Hall–Kier alpha value is -2.67. The van der Waals surface area contributed by atoms with Gasteiger partial charge in [0.25, 0.3) is 5.56 Å². The highest BCUT2D eigenvalue weighted by Crippen LogP contribution is 2.17. The molecule has 0 fully saturated rings. The number of para-hydroxylation sites is 1. The van der Waals surface area contributed by atoms with Crippen LogP contribution in [0.5, 0.6) is 0 Å². The Kier molecular flexibility index (Phi) is 5.45. The number of thiazole rings is 1. The third-order valence-corrected chi connectivity index (χ3v) is 4.46. The predicted octanol–water partition coefficient (Wildman–Crippen LogP) is 3.33. The highest BCUT2D eigenvalue weighted by atomic mass is 32.1. The summed E-state index contributed by atoms with van der Waals surface area (Å²) in [5, 5.41) is 5.04. The van der Waals surface area contributed by atoms with Crippen molar-refractivity contribution in [1.82, 2.24) is 9.38 Å². The van der Waals surface area contributed by atoms with Gasteiger partial charge in [-0.25, -0.2) is 9.78 Å². The van der Waals surface area contributed by atoms with Gasteiger partial charge in [-0.05, 0) is 18.6 Å². The summed E-state index contributed by atoms with van der Waals surface area (Å²) >= 11 is 1.36. The number of benzene rings is 1. The van der Waals surface area contributed by atoms with Gasteiger partial charge in [0, 0.05) is 29.9 Å².